The van der Waals surface area contributed by atoms with Crippen molar-refractivity contribution < 1.29 is 8.42 Å². The maximum Gasteiger partial charge on any atom is 0.152 e. The normalized spacial score (nSPS) is 35.3. The van der Waals surface area contributed by atoms with Gasteiger partial charge in [0.15, 0.2) is 9.84 Å². The van der Waals surface area contributed by atoms with E-state index < -0.39 is 9.84 Å². The first-order valence-electron chi connectivity index (χ1n) is 4.65. The van der Waals surface area contributed by atoms with Gasteiger partial charge in [0.1, 0.15) is 0 Å². The van der Waals surface area contributed by atoms with E-state index in [2.05, 4.69) is 13.8 Å². The monoisotopic (exact) mass is 190 g/mol. The first-order valence-corrected chi connectivity index (χ1v) is 6.36. The Morgan fingerprint density at radius 1 is 1.33 bits per heavy atom. The van der Waals surface area contributed by atoms with Gasteiger partial charge in [-0.1, -0.05) is 13.8 Å². The van der Waals surface area contributed by atoms with Gasteiger partial charge in [-0.05, 0) is 31.6 Å². The van der Waals surface area contributed by atoms with Crippen LogP contribution in [0, 0.1) is 11.8 Å². The zero-order chi connectivity index (χ0) is 9.35. The van der Waals surface area contributed by atoms with Crippen molar-refractivity contribution in [3.05, 3.63) is 0 Å². The molecule has 1 fully saturated rings. The van der Waals surface area contributed by atoms with Gasteiger partial charge in [-0.2, -0.15) is 0 Å². The number of rotatable bonds is 1. The Balaban J connectivity index is 2.64. The highest BCUT2D eigenvalue weighted by atomic mass is 32.2. The van der Waals surface area contributed by atoms with Crippen LogP contribution in [0.2, 0.25) is 0 Å². The van der Waals surface area contributed by atoms with Gasteiger partial charge in [0.2, 0.25) is 0 Å². The van der Waals surface area contributed by atoms with Crippen molar-refractivity contribution in [2.45, 2.75) is 38.9 Å². The summed E-state index contributed by atoms with van der Waals surface area (Å²) in [6, 6.07) is 0. The molecule has 0 aromatic heterocycles. The lowest BCUT2D eigenvalue weighted by atomic mass is 9.89. The zero-order valence-corrected chi connectivity index (χ0v) is 8.89. The van der Waals surface area contributed by atoms with Crippen LogP contribution < -0.4 is 0 Å². The highest BCUT2D eigenvalue weighted by molar-refractivity contribution is 7.92. The summed E-state index contributed by atoms with van der Waals surface area (Å²) >= 11 is 0. The average molecular weight is 190 g/mol. The van der Waals surface area contributed by atoms with Crippen molar-refractivity contribution in [2.24, 2.45) is 11.8 Å². The van der Waals surface area contributed by atoms with Crippen LogP contribution in [-0.2, 0) is 9.84 Å². The van der Waals surface area contributed by atoms with Gasteiger partial charge in [-0.25, -0.2) is 8.42 Å². The average Bonchev–Trinajstić information content (AvgIpc) is 1.94. The minimum Gasteiger partial charge on any atom is -0.229 e. The van der Waals surface area contributed by atoms with Crippen molar-refractivity contribution >= 4 is 9.84 Å². The molecule has 0 aromatic carbocycles. The largest absolute Gasteiger partial charge is 0.229 e. The minimum absolute atomic E-state index is 0.112. The van der Waals surface area contributed by atoms with E-state index in [0.717, 1.165) is 12.8 Å². The Bertz CT molecular complexity index is 241. The van der Waals surface area contributed by atoms with Crippen molar-refractivity contribution in [3.63, 3.8) is 0 Å². The molecule has 0 N–H and O–H groups in total. The summed E-state index contributed by atoms with van der Waals surface area (Å²) in [6.07, 6.45) is 1.73. The molecule has 0 aromatic rings. The van der Waals surface area contributed by atoms with Crippen LogP contribution in [-0.4, -0.2) is 19.4 Å². The van der Waals surface area contributed by atoms with Crippen LogP contribution in [0.5, 0.6) is 0 Å². The predicted octanol–water partition coefficient (Wildman–Crippen LogP) is 1.86. The molecule has 1 aliphatic heterocycles. The van der Waals surface area contributed by atoms with Crippen LogP contribution in [0.3, 0.4) is 0 Å². The predicted molar refractivity (Wildman–Crippen MR) is 50.8 cm³/mol. The number of hydrogen-bond donors (Lipinski definition) is 0. The van der Waals surface area contributed by atoms with E-state index in [1.807, 2.05) is 6.92 Å². The van der Waals surface area contributed by atoms with Crippen LogP contribution >= 0.6 is 0 Å². The van der Waals surface area contributed by atoms with Crippen LogP contribution in [0.4, 0.5) is 0 Å². The highest BCUT2D eigenvalue weighted by Gasteiger charge is 2.31. The molecular weight excluding hydrogens is 172 g/mol. The molecular formula is C9H18O2S. The van der Waals surface area contributed by atoms with Crippen molar-refractivity contribution in [1.29, 1.82) is 0 Å². The molecule has 0 radical (unpaired) electrons. The molecule has 1 saturated heterocycles. The standard InChI is InChI=1S/C9H18O2S/c1-7(2)9-4-5-12(10,11)8(3)6-9/h7-9H,4-6H2,1-3H3/t8-,9?/m0/s1. The Hall–Kier alpha value is -0.0500. The van der Waals surface area contributed by atoms with E-state index in [1.54, 1.807) is 0 Å². The van der Waals surface area contributed by atoms with E-state index in [1.165, 1.54) is 0 Å². The SMILES string of the molecule is CC(C)C1CCS(=O)(=O)[C@@H](C)C1. The molecule has 2 atom stereocenters. The summed E-state index contributed by atoms with van der Waals surface area (Å²) in [5.74, 6) is 1.64. The molecule has 1 rings (SSSR count). The molecule has 1 unspecified atom stereocenters. The van der Waals surface area contributed by atoms with E-state index in [9.17, 15) is 8.42 Å². The number of hydrogen-bond acceptors (Lipinski definition) is 2. The molecule has 3 heteroatoms. The van der Waals surface area contributed by atoms with E-state index >= 15 is 0 Å². The highest BCUT2D eigenvalue weighted by Crippen LogP contribution is 2.29. The maximum atomic E-state index is 11.3. The molecule has 0 aliphatic carbocycles. The molecule has 0 saturated carbocycles. The lowest BCUT2D eigenvalue weighted by molar-refractivity contribution is 0.332. The molecule has 12 heavy (non-hydrogen) atoms. The Morgan fingerprint density at radius 2 is 1.92 bits per heavy atom. The fourth-order valence-electron chi connectivity index (χ4n) is 1.81. The smallest absolute Gasteiger partial charge is 0.152 e. The summed E-state index contributed by atoms with van der Waals surface area (Å²) in [7, 11) is -2.73. The van der Waals surface area contributed by atoms with Crippen molar-refractivity contribution in [2.75, 3.05) is 5.75 Å². The molecule has 0 bridgehead atoms. The molecule has 1 aliphatic rings. The van der Waals surface area contributed by atoms with Gasteiger partial charge in [0.25, 0.3) is 0 Å². The minimum atomic E-state index is -2.73. The van der Waals surface area contributed by atoms with Crippen LogP contribution in [0.1, 0.15) is 33.6 Å². The van der Waals surface area contributed by atoms with Gasteiger partial charge < -0.3 is 0 Å². The molecule has 0 amide bonds. The summed E-state index contributed by atoms with van der Waals surface area (Å²) < 4.78 is 22.7. The number of sulfone groups is 1. The third-order valence-corrected chi connectivity index (χ3v) is 5.19. The Morgan fingerprint density at radius 3 is 2.33 bits per heavy atom. The van der Waals surface area contributed by atoms with Crippen molar-refractivity contribution in [1.82, 2.24) is 0 Å². The third-order valence-electron chi connectivity index (χ3n) is 2.96. The molecule has 1 heterocycles. The fraction of sp³-hybridized carbons (Fsp3) is 1.00. The van der Waals surface area contributed by atoms with Gasteiger partial charge in [-0.15, -0.1) is 0 Å². The lowest BCUT2D eigenvalue weighted by Crippen LogP contribution is -2.32. The van der Waals surface area contributed by atoms with Gasteiger partial charge in [-0.3, -0.25) is 0 Å². The summed E-state index contributed by atoms with van der Waals surface area (Å²) in [4.78, 5) is 0. The zero-order valence-electron chi connectivity index (χ0n) is 8.08. The van der Waals surface area contributed by atoms with E-state index in [0.29, 0.717) is 17.6 Å². The van der Waals surface area contributed by atoms with Gasteiger partial charge >= 0.3 is 0 Å². The van der Waals surface area contributed by atoms with E-state index in [-0.39, 0.29) is 5.25 Å². The topological polar surface area (TPSA) is 34.1 Å². The lowest BCUT2D eigenvalue weighted by Gasteiger charge is -2.29. The fourth-order valence-corrected chi connectivity index (χ4v) is 3.39. The Kier molecular flexibility index (Phi) is 2.81. The summed E-state index contributed by atoms with van der Waals surface area (Å²) in [5, 5.41) is -0.112. The Labute approximate surface area is 75.3 Å². The van der Waals surface area contributed by atoms with Gasteiger partial charge in [0, 0.05) is 0 Å². The molecule has 72 valence electrons. The van der Waals surface area contributed by atoms with Gasteiger partial charge in [0.05, 0.1) is 11.0 Å². The van der Waals surface area contributed by atoms with E-state index in [4.69, 9.17) is 0 Å². The quantitative estimate of drug-likeness (QED) is 0.632. The van der Waals surface area contributed by atoms with Crippen LogP contribution in [0.25, 0.3) is 0 Å². The second-order valence-electron chi connectivity index (χ2n) is 4.21. The van der Waals surface area contributed by atoms with Crippen molar-refractivity contribution in [3.8, 4) is 0 Å². The summed E-state index contributed by atoms with van der Waals surface area (Å²) in [6.45, 7) is 6.19. The summed E-state index contributed by atoms with van der Waals surface area (Å²) in [5.41, 5.74) is 0. The second-order valence-corrected chi connectivity index (χ2v) is 6.74. The van der Waals surface area contributed by atoms with Crippen LogP contribution in [0.15, 0.2) is 0 Å². The second kappa shape index (κ2) is 3.36. The maximum absolute atomic E-state index is 11.3. The first kappa shape index (κ1) is 10.0. The first-order chi connectivity index (χ1) is 5.43. The third kappa shape index (κ3) is 2.00. The molecule has 2 nitrogen and oxygen atoms in total. The molecule has 0 spiro atoms.